The van der Waals surface area contributed by atoms with Crippen LogP contribution < -0.4 is 14.8 Å². The molecule has 0 aromatic heterocycles. The highest BCUT2D eigenvalue weighted by molar-refractivity contribution is 7.90. The van der Waals surface area contributed by atoms with E-state index >= 15 is 0 Å². The maximum Gasteiger partial charge on any atom is 0.165 e. The van der Waals surface area contributed by atoms with Crippen molar-refractivity contribution in [1.29, 1.82) is 0 Å². The van der Waals surface area contributed by atoms with Crippen molar-refractivity contribution in [3.63, 3.8) is 0 Å². The Hall–Kier alpha value is -1.27. The van der Waals surface area contributed by atoms with E-state index in [2.05, 4.69) is 5.32 Å². The first-order chi connectivity index (χ1) is 9.56. The number of hydrogen-bond acceptors (Lipinski definition) is 5. The van der Waals surface area contributed by atoms with Gasteiger partial charge in [0.2, 0.25) is 0 Å². The molecule has 20 heavy (non-hydrogen) atoms. The SMILES string of the molecule is CS(=O)(=O)CCCNCc1cccc2c1OCCCO2. The van der Waals surface area contributed by atoms with Crippen molar-refractivity contribution >= 4 is 9.84 Å². The third-order valence-electron chi connectivity index (χ3n) is 3.04. The number of nitrogens with one attached hydrogen (secondary N) is 1. The second kappa shape index (κ2) is 6.95. The van der Waals surface area contributed by atoms with Crippen LogP contribution in [0.2, 0.25) is 0 Å². The van der Waals surface area contributed by atoms with Gasteiger partial charge in [0.05, 0.1) is 19.0 Å². The van der Waals surface area contributed by atoms with Crippen LogP contribution in [-0.2, 0) is 16.4 Å². The van der Waals surface area contributed by atoms with Crippen LogP contribution in [0.4, 0.5) is 0 Å². The molecule has 0 radical (unpaired) electrons. The molecule has 112 valence electrons. The van der Waals surface area contributed by atoms with Crippen molar-refractivity contribution in [3.05, 3.63) is 23.8 Å². The minimum atomic E-state index is -2.87. The number of ether oxygens (including phenoxy) is 2. The fraction of sp³-hybridized carbons (Fsp3) is 0.571. The maximum atomic E-state index is 11.0. The van der Waals surface area contributed by atoms with Gasteiger partial charge in [0.1, 0.15) is 9.84 Å². The lowest BCUT2D eigenvalue weighted by atomic mass is 10.2. The van der Waals surface area contributed by atoms with Gasteiger partial charge in [-0.2, -0.15) is 0 Å². The van der Waals surface area contributed by atoms with Crippen molar-refractivity contribution in [2.24, 2.45) is 0 Å². The first-order valence-corrected chi connectivity index (χ1v) is 8.88. The van der Waals surface area contributed by atoms with Crippen LogP contribution in [0.3, 0.4) is 0 Å². The van der Waals surface area contributed by atoms with Gasteiger partial charge in [-0.15, -0.1) is 0 Å². The summed E-state index contributed by atoms with van der Waals surface area (Å²) in [6.45, 7) is 2.66. The molecule has 6 heteroatoms. The van der Waals surface area contributed by atoms with E-state index in [1.54, 1.807) is 0 Å². The highest BCUT2D eigenvalue weighted by atomic mass is 32.2. The summed E-state index contributed by atoms with van der Waals surface area (Å²) < 4.78 is 33.4. The summed E-state index contributed by atoms with van der Waals surface area (Å²) >= 11 is 0. The number of hydrogen-bond donors (Lipinski definition) is 1. The zero-order valence-electron chi connectivity index (χ0n) is 11.7. The summed E-state index contributed by atoms with van der Waals surface area (Å²) in [5.74, 6) is 1.81. The predicted molar refractivity (Wildman–Crippen MR) is 78.1 cm³/mol. The number of rotatable bonds is 6. The molecule has 0 saturated heterocycles. The highest BCUT2D eigenvalue weighted by Gasteiger charge is 2.13. The molecule has 1 N–H and O–H groups in total. The highest BCUT2D eigenvalue weighted by Crippen LogP contribution is 2.32. The van der Waals surface area contributed by atoms with Gasteiger partial charge in [-0.05, 0) is 19.0 Å². The van der Waals surface area contributed by atoms with Gasteiger partial charge < -0.3 is 14.8 Å². The second-order valence-corrected chi connectivity index (χ2v) is 7.21. The first-order valence-electron chi connectivity index (χ1n) is 6.82. The third-order valence-corrected chi connectivity index (χ3v) is 4.07. The van der Waals surface area contributed by atoms with Crippen molar-refractivity contribution in [3.8, 4) is 11.5 Å². The molecule has 0 saturated carbocycles. The minimum absolute atomic E-state index is 0.215. The Kier molecular flexibility index (Phi) is 5.25. The van der Waals surface area contributed by atoms with Gasteiger partial charge in [0.25, 0.3) is 0 Å². The van der Waals surface area contributed by atoms with E-state index in [-0.39, 0.29) is 5.75 Å². The maximum absolute atomic E-state index is 11.0. The topological polar surface area (TPSA) is 64.6 Å². The van der Waals surface area contributed by atoms with Crippen LogP contribution >= 0.6 is 0 Å². The Morgan fingerprint density at radius 3 is 2.85 bits per heavy atom. The van der Waals surface area contributed by atoms with E-state index in [0.717, 1.165) is 23.5 Å². The van der Waals surface area contributed by atoms with Gasteiger partial charge in [0.15, 0.2) is 11.5 Å². The molecule has 1 aromatic rings. The van der Waals surface area contributed by atoms with E-state index in [1.165, 1.54) is 6.26 Å². The average molecular weight is 299 g/mol. The monoisotopic (exact) mass is 299 g/mol. The molecule has 0 atom stereocenters. The lowest BCUT2D eigenvalue weighted by molar-refractivity contribution is 0.296. The molecule has 2 rings (SSSR count). The summed E-state index contributed by atoms with van der Waals surface area (Å²) in [7, 11) is -2.87. The molecule has 1 aromatic carbocycles. The predicted octanol–water partition coefficient (Wildman–Crippen LogP) is 1.37. The van der Waals surface area contributed by atoms with Crippen molar-refractivity contribution in [2.45, 2.75) is 19.4 Å². The zero-order chi connectivity index (χ0) is 14.4. The molecule has 0 amide bonds. The van der Waals surface area contributed by atoms with Gasteiger partial charge >= 0.3 is 0 Å². The van der Waals surface area contributed by atoms with E-state index in [1.807, 2.05) is 18.2 Å². The lowest BCUT2D eigenvalue weighted by Crippen LogP contribution is -2.18. The Morgan fingerprint density at radius 2 is 2.05 bits per heavy atom. The Bertz CT molecular complexity index is 542. The normalized spacial score (nSPS) is 14.8. The molecule has 0 fully saturated rings. The smallest absolute Gasteiger partial charge is 0.165 e. The number of fused-ring (bicyclic) bond motifs is 1. The van der Waals surface area contributed by atoms with Gasteiger partial charge in [-0.25, -0.2) is 8.42 Å². The van der Waals surface area contributed by atoms with Crippen molar-refractivity contribution < 1.29 is 17.9 Å². The van der Waals surface area contributed by atoms with Crippen LogP contribution in [0.1, 0.15) is 18.4 Å². The first kappa shape index (κ1) is 15.1. The molecular weight excluding hydrogens is 278 g/mol. The van der Waals surface area contributed by atoms with E-state index in [9.17, 15) is 8.42 Å². The lowest BCUT2D eigenvalue weighted by Gasteiger charge is -2.13. The largest absolute Gasteiger partial charge is 0.490 e. The molecular formula is C14H21NO4S. The molecule has 1 heterocycles. The average Bonchev–Trinajstić information content (AvgIpc) is 2.62. The Labute approximate surface area is 120 Å². The Morgan fingerprint density at radius 1 is 1.25 bits per heavy atom. The number of benzene rings is 1. The van der Waals surface area contributed by atoms with E-state index in [4.69, 9.17) is 9.47 Å². The van der Waals surface area contributed by atoms with E-state index in [0.29, 0.717) is 32.7 Å². The quantitative estimate of drug-likeness (QED) is 0.804. The summed E-state index contributed by atoms with van der Waals surface area (Å²) in [6, 6.07) is 5.85. The summed E-state index contributed by atoms with van der Waals surface area (Å²) in [6.07, 6.45) is 2.76. The van der Waals surface area contributed by atoms with Crippen LogP contribution in [0.25, 0.3) is 0 Å². The molecule has 0 unspecified atom stereocenters. The van der Waals surface area contributed by atoms with Crippen LogP contribution in [0.5, 0.6) is 11.5 Å². The second-order valence-electron chi connectivity index (χ2n) is 4.96. The fourth-order valence-electron chi connectivity index (χ4n) is 2.08. The summed E-state index contributed by atoms with van der Waals surface area (Å²) in [5, 5.41) is 3.24. The van der Waals surface area contributed by atoms with Gasteiger partial charge in [-0.1, -0.05) is 12.1 Å². The van der Waals surface area contributed by atoms with E-state index < -0.39 is 9.84 Å². The fourth-order valence-corrected chi connectivity index (χ4v) is 2.74. The van der Waals surface area contributed by atoms with Crippen molar-refractivity contribution in [1.82, 2.24) is 5.32 Å². The zero-order valence-corrected chi connectivity index (χ0v) is 12.5. The van der Waals surface area contributed by atoms with Crippen LogP contribution in [-0.4, -0.2) is 40.2 Å². The summed E-state index contributed by atoms with van der Waals surface area (Å²) in [5.41, 5.74) is 1.05. The molecule has 1 aliphatic rings. The molecule has 5 nitrogen and oxygen atoms in total. The number of sulfone groups is 1. The molecule has 1 aliphatic heterocycles. The van der Waals surface area contributed by atoms with Crippen LogP contribution in [0, 0.1) is 0 Å². The van der Waals surface area contributed by atoms with Crippen LogP contribution in [0.15, 0.2) is 18.2 Å². The van der Waals surface area contributed by atoms with Gasteiger partial charge in [-0.3, -0.25) is 0 Å². The molecule has 0 bridgehead atoms. The molecule has 0 spiro atoms. The molecule has 0 aliphatic carbocycles. The Balaban J connectivity index is 1.87. The summed E-state index contributed by atoms with van der Waals surface area (Å²) in [4.78, 5) is 0. The minimum Gasteiger partial charge on any atom is -0.490 e. The third kappa shape index (κ3) is 4.68. The van der Waals surface area contributed by atoms with Gasteiger partial charge in [0, 0.05) is 24.8 Å². The number of para-hydroxylation sites is 1. The standard InChI is InChI=1S/C14H21NO4S/c1-20(16,17)10-3-7-15-11-12-5-2-6-13-14(12)19-9-4-8-18-13/h2,5-6,15H,3-4,7-11H2,1H3. The van der Waals surface area contributed by atoms with Crippen molar-refractivity contribution in [2.75, 3.05) is 31.8 Å².